The summed E-state index contributed by atoms with van der Waals surface area (Å²) in [6, 6.07) is 9.79. The molecule has 0 radical (unpaired) electrons. The van der Waals surface area contributed by atoms with E-state index in [2.05, 4.69) is 16.6 Å². The molecule has 14 heavy (non-hydrogen) atoms. The van der Waals surface area contributed by atoms with Gasteiger partial charge >= 0.3 is 0 Å². The fourth-order valence-corrected chi connectivity index (χ4v) is 1.24. The van der Waals surface area contributed by atoms with E-state index in [0.717, 1.165) is 18.0 Å². The van der Waals surface area contributed by atoms with E-state index in [9.17, 15) is 0 Å². The van der Waals surface area contributed by atoms with Gasteiger partial charge in [0.2, 0.25) is 0 Å². The van der Waals surface area contributed by atoms with Gasteiger partial charge in [-0.25, -0.2) is 0 Å². The van der Waals surface area contributed by atoms with E-state index in [-0.39, 0.29) is 0 Å². The van der Waals surface area contributed by atoms with E-state index in [4.69, 9.17) is 5.73 Å². The molecule has 0 aliphatic heterocycles. The quantitative estimate of drug-likeness (QED) is 0.451. The van der Waals surface area contributed by atoms with Gasteiger partial charge in [-0.2, -0.15) is 11.8 Å². The summed E-state index contributed by atoms with van der Waals surface area (Å²) in [4.78, 5) is 4.17. The Morgan fingerprint density at radius 2 is 2.14 bits per heavy atom. The number of benzene rings is 1. The van der Waals surface area contributed by atoms with E-state index in [1.54, 1.807) is 11.8 Å². The van der Waals surface area contributed by atoms with Gasteiger partial charge < -0.3 is 11.1 Å². The normalized spacial score (nSPS) is 11.4. The van der Waals surface area contributed by atoms with Crippen molar-refractivity contribution in [1.82, 2.24) is 0 Å². The van der Waals surface area contributed by atoms with Crippen LogP contribution in [0.15, 0.2) is 35.3 Å². The lowest BCUT2D eigenvalue weighted by molar-refractivity contribution is 1.13. The van der Waals surface area contributed by atoms with Crippen LogP contribution in [-0.2, 0) is 0 Å². The number of anilines is 1. The Morgan fingerprint density at radius 3 is 2.79 bits per heavy atom. The van der Waals surface area contributed by atoms with Crippen LogP contribution in [0, 0.1) is 0 Å². The van der Waals surface area contributed by atoms with Crippen molar-refractivity contribution >= 4 is 23.4 Å². The van der Waals surface area contributed by atoms with Crippen molar-refractivity contribution in [1.29, 1.82) is 0 Å². The molecule has 3 N–H and O–H groups in total. The van der Waals surface area contributed by atoms with Gasteiger partial charge in [0.25, 0.3) is 0 Å². The van der Waals surface area contributed by atoms with Crippen LogP contribution < -0.4 is 11.1 Å². The SMILES string of the molecule is CSCCN=C(N)Nc1ccccc1. The molecule has 1 rings (SSSR count). The first-order chi connectivity index (χ1) is 6.83. The molecule has 4 heteroatoms. The topological polar surface area (TPSA) is 50.4 Å². The largest absolute Gasteiger partial charge is 0.370 e. The lowest BCUT2D eigenvalue weighted by Gasteiger charge is -2.04. The molecule has 0 aliphatic rings. The number of nitrogens with two attached hydrogens (primary N) is 1. The van der Waals surface area contributed by atoms with Crippen molar-refractivity contribution in [2.75, 3.05) is 23.9 Å². The molecule has 0 amide bonds. The average Bonchev–Trinajstić information content (AvgIpc) is 2.20. The molecule has 0 aliphatic carbocycles. The van der Waals surface area contributed by atoms with Crippen molar-refractivity contribution in [3.8, 4) is 0 Å². The van der Waals surface area contributed by atoms with Crippen molar-refractivity contribution < 1.29 is 0 Å². The van der Waals surface area contributed by atoms with Crippen molar-refractivity contribution in [3.05, 3.63) is 30.3 Å². The van der Waals surface area contributed by atoms with Gasteiger partial charge in [-0.15, -0.1) is 0 Å². The summed E-state index contributed by atoms with van der Waals surface area (Å²) in [6.45, 7) is 0.757. The molecule has 0 spiro atoms. The summed E-state index contributed by atoms with van der Waals surface area (Å²) in [5.74, 6) is 1.47. The molecule has 0 unspecified atom stereocenters. The molecular weight excluding hydrogens is 194 g/mol. The highest BCUT2D eigenvalue weighted by molar-refractivity contribution is 7.98. The van der Waals surface area contributed by atoms with Gasteiger partial charge in [-0.1, -0.05) is 18.2 Å². The minimum Gasteiger partial charge on any atom is -0.370 e. The van der Waals surface area contributed by atoms with Crippen molar-refractivity contribution in [2.24, 2.45) is 10.7 Å². The number of guanidine groups is 1. The Morgan fingerprint density at radius 1 is 1.43 bits per heavy atom. The van der Waals surface area contributed by atoms with Crippen LogP contribution in [0.5, 0.6) is 0 Å². The molecule has 0 aromatic heterocycles. The summed E-state index contributed by atoms with van der Waals surface area (Å²) < 4.78 is 0. The zero-order valence-electron chi connectivity index (χ0n) is 8.23. The summed E-state index contributed by atoms with van der Waals surface area (Å²) >= 11 is 1.76. The number of aliphatic imine (C=N–C) groups is 1. The van der Waals surface area contributed by atoms with Crippen molar-refractivity contribution in [2.45, 2.75) is 0 Å². The molecule has 0 fully saturated rings. The maximum atomic E-state index is 5.68. The number of hydrogen-bond acceptors (Lipinski definition) is 2. The van der Waals surface area contributed by atoms with Crippen LogP contribution in [0.4, 0.5) is 5.69 Å². The predicted octanol–water partition coefficient (Wildman–Crippen LogP) is 1.78. The fourth-order valence-electron chi connectivity index (χ4n) is 0.966. The Labute approximate surface area is 88.8 Å². The van der Waals surface area contributed by atoms with E-state index < -0.39 is 0 Å². The van der Waals surface area contributed by atoms with Gasteiger partial charge in [0.1, 0.15) is 0 Å². The van der Waals surface area contributed by atoms with E-state index >= 15 is 0 Å². The first-order valence-electron chi connectivity index (χ1n) is 4.44. The third-order valence-corrected chi connectivity index (χ3v) is 2.21. The summed E-state index contributed by atoms with van der Waals surface area (Å²) in [5, 5.41) is 3.02. The Balaban J connectivity index is 2.40. The number of rotatable bonds is 4. The number of thioether (sulfide) groups is 1. The lowest BCUT2D eigenvalue weighted by atomic mass is 10.3. The molecule has 0 heterocycles. The molecule has 0 saturated carbocycles. The standard InChI is InChI=1S/C10H15N3S/c1-14-8-7-12-10(11)13-9-5-3-2-4-6-9/h2-6H,7-8H2,1H3,(H3,11,12,13). The van der Waals surface area contributed by atoms with Gasteiger partial charge in [-0.3, -0.25) is 4.99 Å². The number of hydrogen-bond donors (Lipinski definition) is 2. The van der Waals surface area contributed by atoms with E-state index in [1.807, 2.05) is 30.3 Å². The molecule has 0 bridgehead atoms. The van der Waals surface area contributed by atoms with E-state index in [0.29, 0.717) is 5.96 Å². The zero-order valence-corrected chi connectivity index (χ0v) is 9.05. The first kappa shape index (κ1) is 10.9. The maximum Gasteiger partial charge on any atom is 0.193 e. The van der Waals surface area contributed by atoms with Gasteiger partial charge in [0.15, 0.2) is 5.96 Å². The summed E-state index contributed by atoms with van der Waals surface area (Å²) in [7, 11) is 0. The van der Waals surface area contributed by atoms with Gasteiger partial charge in [-0.05, 0) is 18.4 Å². The average molecular weight is 209 g/mol. The minimum atomic E-state index is 0.477. The third-order valence-electron chi connectivity index (χ3n) is 1.62. The molecule has 0 atom stereocenters. The van der Waals surface area contributed by atoms with Crippen molar-refractivity contribution in [3.63, 3.8) is 0 Å². The molecule has 1 aromatic rings. The second-order valence-corrected chi connectivity index (χ2v) is 3.74. The molecule has 0 saturated heterocycles. The highest BCUT2D eigenvalue weighted by Gasteiger charge is 1.91. The Kier molecular flexibility index (Phi) is 4.93. The van der Waals surface area contributed by atoms with Crippen LogP contribution in [0.25, 0.3) is 0 Å². The second kappa shape index (κ2) is 6.32. The fraction of sp³-hybridized carbons (Fsp3) is 0.300. The lowest BCUT2D eigenvalue weighted by Crippen LogP contribution is -2.22. The van der Waals surface area contributed by atoms with Gasteiger partial charge in [0.05, 0.1) is 6.54 Å². The summed E-state index contributed by atoms with van der Waals surface area (Å²) in [5.41, 5.74) is 6.65. The Hall–Kier alpha value is -1.16. The van der Waals surface area contributed by atoms with Crippen LogP contribution in [0.2, 0.25) is 0 Å². The maximum absolute atomic E-state index is 5.68. The van der Waals surface area contributed by atoms with Crippen LogP contribution in [-0.4, -0.2) is 24.5 Å². The minimum absolute atomic E-state index is 0.477. The zero-order chi connectivity index (χ0) is 10.2. The van der Waals surface area contributed by atoms with Crippen LogP contribution in [0.1, 0.15) is 0 Å². The highest BCUT2D eigenvalue weighted by atomic mass is 32.2. The third kappa shape index (κ3) is 4.18. The molecule has 3 nitrogen and oxygen atoms in total. The number of nitrogens with one attached hydrogen (secondary N) is 1. The predicted molar refractivity (Wildman–Crippen MR) is 64.9 cm³/mol. The molecule has 1 aromatic carbocycles. The summed E-state index contributed by atoms with van der Waals surface area (Å²) in [6.07, 6.45) is 2.05. The number of para-hydroxylation sites is 1. The monoisotopic (exact) mass is 209 g/mol. The van der Waals surface area contributed by atoms with Gasteiger partial charge in [0, 0.05) is 11.4 Å². The van der Waals surface area contributed by atoms with Crippen LogP contribution in [0.3, 0.4) is 0 Å². The highest BCUT2D eigenvalue weighted by Crippen LogP contribution is 2.03. The number of nitrogens with zero attached hydrogens (tertiary/aromatic N) is 1. The second-order valence-electron chi connectivity index (χ2n) is 2.75. The molecule has 76 valence electrons. The van der Waals surface area contributed by atoms with E-state index in [1.165, 1.54) is 0 Å². The Bertz CT molecular complexity index is 285. The first-order valence-corrected chi connectivity index (χ1v) is 5.83. The molecular formula is C10H15N3S. The smallest absolute Gasteiger partial charge is 0.193 e. The van der Waals surface area contributed by atoms with Crippen LogP contribution >= 0.6 is 11.8 Å².